The predicted molar refractivity (Wildman–Crippen MR) is 73.1 cm³/mol. The molecule has 0 aromatic carbocycles. The number of rotatable bonds is 4. The van der Waals surface area contributed by atoms with E-state index in [2.05, 4.69) is 15.2 Å². The monoisotopic (exact) mass is 309 g/mol. The molecule has 2 heterocycles. The van der Waals surface area contributed by atoms with E-state index in [-0.39, 0.29) is 17.9 Å². The molecule has 0 amide bonds. The van der Waals surface area contributed by atoms with Gasteiger partial charge < -0.3 is 24.8 Å². The number of aliphatic hydroxyl groups excluding tert-OH is 1. The van der Waals surface area contributed by atoms with Crippen LogP contribution in [0.2, 0.25) is 0 Å². The van der Waals surface area contributed by atoms with Crippen molar-refractivity contribution in [3.63, 3.8) is 0 Å². The smallest absolute Gasteiger partial charge is 0.198 e. The second kappa shape index (κ2) is 6.65. The SMILES string of the molecule is COC1=C(N2CCOCC2CCO)NC(Cl)=NC1Cl. The fraction of sp³-hybridized carbons (Fsp3) is 0.727. The predicted octanol–water partition coefficient (Wildman–Crippen LogP) is 0.648. The standard InChI is InChI=1S/C11H17Cl2N3O3/c1-18-8-9(12)14-11(13)15-10(8)16-3-5-19-6-7(16)2-4-17/h7,9,17H,2-6H2,1H3,(H,14,15). The third-order valence-electron chi connectivity index (χ3n) is 3.09. The molecule has 1 fully saturated rings. The minimum atomic E-state index is -0.647. The first kappa shape index (κ1) is 14.7. The van der Waals surface area contributed by atoms with Crippen LogP contribution in [-0.2, 0) is 9.47 Å². The number of hydrogen-bond acceptors (Lipinski definition) is 6. The molecule has 0 aromatic rings. The topological polar surface area (TPSA) is 66.3 Å². The Morgan fingerprint density at radius 2 is 2.42 bits per heavy atom. The van der Waals surface area contributed by atoms with Crippen molar-refractivity contribution in [2.24, 2.45) is 4.99 Å². The van der Waals surface area contributed by atoms with Gasteiger partial charge >= 0.3 is 0 Å². The van der Waals surface area contributed by atoms with Crippen molar-refractivity contribution in [1.29, 1.82) is 0 Å². The summed E-state index contributed by atoms with van der Waals surface area (Å²) in [6.45, 7) is 1.91. The first-order valence-electron chi connectivity index (χ1n) is 6.05. The lowest BCUT2D eigenvalue weighted by Gasteiger charge is -2.40. The molecule has 0 aliphatic carbocycles. The summed E-state index contributed by atoms with van der Waals surface area (Å²) in [5.41, 5.74) is -0.647. The van der Waals surface area contributed by atoms with Crippen LogP contribution >= 0.6 is 23.2 Å². The zero-order valence-electron chi connectivity index (χ0n) is 10.6. The number of nitrogens with one attached hydrogen (secondary N) is 1. The van der Waals surface area contributed by atoms with Crippen molar-refractivity contribution in [2.45, 2.75) is 18.0 Å². The summed E-state index contributed by atoms with van der Waals surface area (Å²) < 4.78 is 10.8. The number of hydrogen-bond donors (Lipinski definition) is 2. The van der Waals surface area contributed by atoms with Gasteiger partial charge in [-0.2, -0.15) is 0 Å². The van der Waals surface area contributed by atoms with Crippen LogP contribution in [0, 0.1) is 0 Å². The zero-order chi connectivity index (χ0) is 13.8. The molecule has 8 heteroatoms. The number of nitrogens with zero attached hydrogens (tertiary/aromatic N) is 2. The minimum Gasteiger partial charge on any atom is -0.494 e. The molecule has 2 aliphatic heterocycles. The molecule has 2 atom stereocenters. The summed E-state index contributed by atoms with van der Waals surface area (Å²) in [6, 6.07) is 0.0535. The van der Waals surface area contributed by atoms with E-state index in [1.165, 1.54) is 0 Å². The van der Waals surface area contributed by atoms with Crippen LogP contribution in [0.25, 0.3) is 0 Å². The van der Waals surface area contributed by atoms with Crippen LogP contribution in [0.5, 0.6) is 0 Å². The number of morpholine rings is 1. The van der Waals surface area contributed by atoms with Crippen molar-refractivity contribution < 1.29 is 14.6 Å². The maximum Gasteiger partial charge on any atom is 0.198 e. The van der Waals surface area contributed by atoms with Gasteiger partial charge in [-0.3, -0.25) is 0 Å². The Hall–Kier alpha value is -0.690. The van der Waals surface area contributed by atoms with Gasteiger partial charge in [0.25, 0.3) is 0 Å². The highest BCUT2D eigenvalue weighted by atomic mass is 35.5. The third kappa shape index (κ3) is 3.25. The first-order valence-corrected chi connectivity index (χ1v) is 6.86. The number of amidine groups is 1. The Morgan fingerprint density at radius 1 is 1.63 bits per heavy atom. The summed E-state index contributed by atoms with van der Waals surface area (Å²) in [5, 5.41) is 12.3. The van der Waals surface area contributed by atoms with E-state index < -0.39 is 5.50 Å². The molecular weight excluding hydrogens is 293 g/mol. The van der Waals surface area contributed by atoms with Crippen molar-refractivity contribution in [1.82, 2.24) is 10.2 Å². The van der Waals surface area contributed by atoms with Crippen molar-refractivity contribution in [3.8, 4) is 0 Å². The van der Waals surface area contributed by atoms with Crippen LogP contribution in [0.15, 0.2) is 16.6 Å². The normalized spacial score (nSPS) is 28.0. The van der Waals surface area contributed by atoms with Gasteiger partial charge in [-0.05, 0) is 18.0 Å². The van der Waals surface area contributed by atoms with Gasteiger partial charge in [0.1, 0.15) is 0 Å². The highest BCUT2D eigenvalue weighted by molar-refractivity contribution is 6.65. The third-order valence-corrected chi connectivity index (χ3v) is 3.58. The Balaban J connectivity index is 2.25. The van der Waals surface area contributed by atoms with Crippen molar-refractivity contribution in [3.05, 3.63) is 11.6 Å². The van der Waals surface area contributed by atoms with Gasteiger partial charge in [-0.1, -0.05) is 11.6 Å². The minimum absolute atomic E-state index is 0.0535. The summed E-state index contributed by atoms with van der Waals surface area (Å²) >= 11 is 12.0. The second-order valence-corrected chi connectivity index (χ2v) is 5.00. The number of aliphatic imine (C=N–C) groups is 1. The average molecular weight is 310 g/mol. The fourth-order valence-electron chi connectivity index (χ4n) is 2.21. The van der Waals surface area contributed by atoms with Crippen LogP contribution in [0.3, 0.4) is 0 Å². The van der Waals surface area contributed by atoms with E-state index >= 15 is 0 Å². The second-order valence-electron chi connectivity index (χ2n) is 4.23. The summed E-state index contributed by atoms with van der Waals surface area (Å²) in [6.07, 6.45) is 0.601. The summed E-state index contributed by atoms with van der Waals surface area (Å²) in [4.78, 5) is 6.06. The maximum atomic E-state index is 9.14. The average Bonchev–Trinajstić information content (AvgIpc) is 2.39. The van der Waals surface area contributed by atoms with Gasteiger partial charge in [0.15, 0.2) is 22.4 Å². The van der Waals surface area contributed by atoms with E-state index in [1.807, 2.05) is 0 Å². The van der Waals surface area contributed by atoms with E-state index in [4.69, 9.17) is 37.8 Å². The molecule has 2 rings (SSSR count). The van der Waals surface area contributed by atoms with Gasteiger partial charge in [-0.15, -0.1) is 0 Å². The number of methoxy groups -OCH3 is 1. The van der Waals surface area contributed by atoms with E-state index in [0.717, 1.165) is 0 Å². The Morgan fingerprint density at radius 3 is 3.11 bits per heavy atom. The molecule has 0 saturated carbocycles. The summed E-state index contributed by atoms with van der Waals surface area (Å²) in [5.74, 6) is 1.22. The number of aliphatic hydroxyl groups is 1. The van der Waals surface area contributed by atoms with Crippen LogP contribution in [0.1, 0.15) is 6.42 Å². The lowest BCUT2D eigenvalue weighted by atomic mass is 10.1. The van der Waals surface area contributed by atoms with Crippen LogP contribution in [-0.4, -0.2) is 60.3 Å². The van der Waals surface area contributed by atoms with Crippen LogP contribution < -0.4 is 5.32 Å². The van der Waals surface area contributed by atoms with Gasteiger partial charge in [0.2, 0.25) is 0 Å². The Bertz CT molecular complexity index is 387. The van der Waals surface area contributed by atoms with Gasteiger partial charge in [0.05, 0.1) is 26.4 Å². The Kier molecular flexibility index (Phi) is 5.15. The number of alkyl halides is 1. The molecule has 0 spiro atoms. The summed E-state index contributed by atoms with van der Waals surface area (Å²) in [7, 11) is 1.54. The molecule has 0 bridgehead atoms. The van der Waals surface area contributed by atoms with Crippen molar-refractivity contribution >= 4 is 28.5 Å². The fourth-order valence-corrected chi connectivity index (χ4v) is 2.73. The highest BCUT2D eigenvalue weighted by Gasteiger charge is 2.32. The molecular formula is C11H17Cl2N3O3. The zero-order valence-corrected chi connectivity index (χ0v) is 12.1. The molecule has 6 nitrogen and oxygen atoms in total. The Labute approximate surface area is 122 Å². The molecule has 2 aliphatic rings. The molecule has 108 valence electrons. The van der Waals surface area contributed by atoms with Gasteiger partial charge in [0, 0.05) is 13.2 Å². The van der Waals surface area contributed by atoms with E-state index in [0.29, 0.717) is 37.8 Å². The van der Waals surface area contributed by atoms with Crippen LogP contribution in [0.4, 0.5) is 0 Å². The number of halogens is 2. The molecule has 2 N–H and O–H groups in total. The van der Waals surface area contributed by atoms with Gasteiger partial charge in [-0.25, -0.2) is 4.99 Å². The van der Waals surface area contributed by atoms with E-state index in [1.54, 1.807) is 7.11 Å². The van der Waals surface area contributed by atoms with Crippen molar-refractivity contribution in [2.75, 3.05) is 33.5 Å². The molecule has 0 radical (unpaired) electrons. The molecule has 19 heavy (non-hydrogen) atoms. The maximum absolute atomic E-state index is 9.14. The first-order chi connectivity index (χ1) is 9.17. The quantitative estimate of drug-likeness (QED) is 0.589. The molecule has 0 aromatic heterocycles. The molecule has 1 saturated heterocycles. The van der Waals surface area contributed by atoms with E-state index in [9.17, 15) is 0 Å². The number of ether oxygens (including phenoxy) is 2. The molecule has 2 unspecified atom stereocenters. The lowest BCUT2D eigenvalue weighted by Crippen LogP contribution is -2.50. The largest absolute Gasteiger partial charge is 0.494 e. The highest BCUT2D eigenvalue weighted by Crippen LogP contribution is 2.26. The lowest BCUT2D eigenvalue weighted by molar-refractivity contribution is -0.00384.